The number of benzene rings is 2. The van der Waals surface area contributed by atoms with Crippen LogP contribution in [0.2, 0.25) is 0 Å². The standard InChI is InChI=1S/C22H22N6O6/c29-21(23-9-13-4-2-1-3-5-13)24-15-10-30-20-16(11-31-19(15)20)28-22(25-26-27-28)34-14-6-7-17-18(8-14)33-12-32-17/h1-8,15-16,19-20H,9-12H2,(H2,23,24,29)/t15-,16-,19+,20+/m0/s1. The summed E-state index contributed by atoms with van der Waals surface area (Å²) in [5.41, 5.74) is 1.02. The van der Waals surface area contributed by atoms with Crippen LogP contribution in [0.15, 0.2) is 48.5 Å². The van der Waals surface area contributed by atoms with Crippen molar-refractivity contribution >= 4 is 6.03 Å². The molecule has 0 unspecified atom stereocenters. The normalized spacial score (nSPS) is 24.6. The fourth-order valence-electron chi connectivity index (χ4n) is 4.32. The van der Waals surface area contributed by atoms with Gasteiger partial charge in [-0.2, -0.15) is 4.68 Å². The number of aromatic nitrogens is 4. The Morgan fingerprint density at radius 3 is 2.82 bits per heavy atom. The molecule has 12 heteroatoms. The number of hydrogen-bond acceptors (Lipinski definition) is 9. The van der Waals surface area contributed by atoms with Crippen LogP contribution in [-0.2, 0) is 16.0 Å². The Kier molecular flexibility index (Phi) is 5.35. The molecule has 4 atom stereocenters. The Bertz CT molecular complexity index is 1170. The number of amides is 2. The fourth-order valence-corrected chi connectivity index (χ4v) is 4.32. The zero-order valence-electron chi connectivity index (χ0n) is 18.0. The summed E-state index contributed by atoms with van der Waals surface area (Å²) < 4.78 is 30.1. The van der Waals surface area contributed by atoms with Crippen LogP contribution < -0.4 is 24.8 Å². The van der Waals surface area contributed by atoms with E-state index in [-0.39, 0.29) is 43.1 Å². The van der Waals surface area contributed by atoms with Crippen LogP contribution in [0.5, 0.6) is 23.3 Å². The second-order valence-corrected chi connectivity index (χ2v) is 8.11. The van der Waals surface area contributed by atoms with Crippen molar-refractivity contribution in [2.45, 2.75) is 30.8 Å². The lowest BCUT2D eigenvalue weighted by Crippen LogP contribution is -2.48. The number of nitrogens with one attached hydrogen (secondary N) is 2. The smallest absolute Gasteiger partial charge is 0.341 e. The maximum Gasteiger partial charge on any atom is 0.341 e. The summed E-state index contributed by atoms with van der Waals surface area (Å²) in [4.78, 5) is 12.4. The van der Waals surface area contributed by atoms with Crippen molar-refractivity contribution in [3.05, 3.63) is 54.1 Å². The second-order valence-electron chi connectivity index (χ2n) is 8.11. The Morgan fingerprint density at radius 2 is 1.91 bits per heavy atom. The molecule has 2 amide bonds. The average molecular weight is 466 g/mol. The Balaban J connectivity index is 1.09. The zero-order chi connectivity index (χ0) is 22.9. The SMILES string of the molecule is O=C(NCc1ccccc1)N[C@H]1CO[C@H]2[C@@H]1OC[C@@H]2n1nnnc1Oc1ccc2c(c1)OCO2. The minimum Gasteiger partial charge on any atom is -0.454 e. The van der Waals surface area contributed by atoms with E-state index < -0.39 is 0 Å². The van der Waals surface area contributed by atoms with E-state index in [1.165, 1.54) is 0 Å². The molecule has 2 fully saturated rings. The molecule has 3 aliphatic rings. The Hall–Kier alpha value is -3.90. The first-order valence-electron chi connectivity index (χ1n) is 10.9. The third kappa shape index (κ3) is 3.97. The first-order chi connectivity index (χ1) is 16.7. The Labute approximate surface area is 194 Å². The molecule has 176 valence electrons. The van der Waals surface area contributed by atoms with Crippen molar-refractivity contribution in [3.63, 3.8) is 0 Å². The van der Waals surface area contributed by atoms with Crippen molar-refractivity contribution in [1.29, 1.82) is 0 Å². The minimum absolute atomic E-state index is 0.176. The van der Waals surface area contributed by atoms with Crippen molar-refractivity contribution in [3.8, 4) is 23.3 Å². The topological polar surface area (TPSA) is 131 Å². The van der Waals surface area contributed by atoms with Crippen LogP contribution in [0, 0.1) is 0 Å². The largest absolute Gasteiger partial charge is 0.454 e. The van der Waals surface area contributed by atoms with Gasteiger partial charge in [-0.25, -0.2) is 4.79 Å². The molecule has 3 aromatic rings. The molecule has 2 saturated heterocycles. The summed E-state index contributed by atoms with van der Waals surface area (Å²) in [6, 6.07) is 14.3. The number of tetrazole rings is 1. The number of fused-ring (bicyclic) bond motifs is 2. The summed E-state index contributed by atoms with van der Waals surface area (Å²) in [7, 11) is 0. The van der Waals surface area contributed by atoms with Gasteiger partial charge in [0, 0.05) is 12.6 Å². The molecule has 0 aliphatic carbocycles. The summed E-state index contributed by atoms with van der Waals surface area (Å²) in [5, 5.41) is 17.7. The number of urea groups is 1. The van der Waals surface area contributed by atoms with Gasteiger partial charge in [-0.15, -0.1) is 0 Å². The monoisotopic (exact) mass is 466 g/mol. The van der Waals surface area contributed by atoms with Gasteiger partial charge in [-0.05, 0) is 28.1 Å². The predicted molar refractivity (Wildman–Crippen MR) is 115 cm³/mol. The number of ether oxygens (including phenoxy) is 5. The highest BCUT2D eigenvalue weighted by molar-refractivity contribution is 5.74. The van der Waals surface area contributed by atoms with Gasteiger partial charge in [0.15, 0.2) is 11.5 Å². The van der Waals surface area contributed by atoms with Crippen LogP contribution in [0.25, 0.3) is 0 Å². The lowest BCUT2D eigenvalue weighted by atomic mass is 10.1. The molecule has 6 rings (SSSR count). The predicted octanol–water partition coefficient (Wildman–Crippen LogP) is 1.40. The number of carbonyl (C=O) groups excluding carboxylic acids is 1. The summed E-state index contributed by atoms with van der Waals surface area (Å²) in [6.45, 7) is 1.26. The summed E-state index contributed by atoms with van der Waals surface area (Å²) in [5.74, 6) is 1.77. The fraction of sp³-hybridized carbons (Fsp3) is 0.364. The molecule has 2 aromatic carbocycles. The van der Waals surface area contributed by atoms with Gasteiger partial charge in [0.05, 0.1) is 19.3 Å². The molecule has 1 aromatic heterocycles. The van der Waals surface area contributed by atoms with E-state index in [0.29, 0.717) is 37.0 Å². The van der Waals surface area contributed by atoms with Gasteiger partial charge in [0.25, 0.3) is 0 Å². The van der Waals surface area contributed by atoms with Gasteiger partial charge >= 0.3 is 12.0 Å². The lowest BCUT2D eigenvalue weighted by molar-refractivity contribution is 0.0613. The third-order valence-corrected chi connectivity index (χ3v) is 5.97. The van der Waals surface area contributed by atoms with Crippen molar-refractivity contribution in [2.24, 2.45) is 0 Å². The van der Waals surface area contributed by atoms with Gasteiger partial charge in [0.1, 0.15) is 24.0 Å². The van der Waals surface area contributed by atoms with Crippen molar-refractivity contribution in [1.82, 2.24) is 30.8 Å². The molecule has 12 nitrogen and oxygen atoms in total. The molecular weight excluding hydrogens is 444 g/mol. The van der Waals surface area contributed by atoms with Crippen LogP contribution in [0.4, 0.5) is 4.79 Å². The van der Waals surface area contributed by atoms with Crippen LogP contribution in [0.3, 0.4) is 0 Å². The van der Waals surface area contributed by atoms with Gasteiger partial charge in [0.2, 0.25) is 6.79 Å². The second kappa shape index (κ2) is 8.80. The quantitative estimate of drug-likeness (QED) is 0.553. The van der Waals surface area contributed by atoms with E-state index in [1.807, 2.05) is 30.3 Å². The number of carbonyl (C=O) groups is 1. The number of hydrogen-bond donors (Lipinski definition) is 2. The maximum atomic E-state index is 12.4. The third-order valence-electron chi connectivity index (χ3n) is 5.97. The highest BCUT2D eigenvalue weighted by atomic mass is 16.7. The molecule has 34 heavy (non-hydrogen) atoms. The van der Waals surface area contributed by atoms with Crippen molar-refractivity contribution < 1.29 is 28.5 Å². The number of rotatable bonds is 6. The Morgan fingerprint density at radius 1 is 1.06 bits per heavy atom. The summed E-state index contributed by atoms with van der Waals surface area (Å²) in [6.07, 6.45) is -0.655. The van der Waals surface area contributed by atoms with Gasteiger partial charge in [-0.3, -0.25) is 0 Å². The van der Waals surface area contributed by atoms with E-state index in [4.69, 9.17) is 23.7 Å². The molecule has 0 spiro atoms. The van der Waals surface area contributed by atoms with Gasteiger partial charge < -0.3 is 34.3 Å². The molecule has 0 saturated carbocycles. The molecule has 3 aliphatic heterocycles. The van der Waals surface area contributed by atoms with E-state index in [0.717, 1.165) is 5.56 Å². The average Bonchev–Trinajstić information content (AvgIpc) is 3.64. The molecular formula is C22H22N6O6. The van der Waals surface area contributed by atoms with E-state index in [2.05, 4.69) is 26.2 Å². The van der Waals surface area contributed by atoms with Crippen molar-refractivity contribution in [2.75, 3.05) is 20.0 Å². The van der Waals surface area contributed by atoms with E-state index in [1.54, 1.807) is 22.9 Å². The summed E-state index contributed by atoms with van der Waals surface area (Å²) >= 11 is 0. The lowest BCUT2D eigenvalue weighted by Gasteiger charge is -2.18. The zero-order valence-corrected chi connectivity index (χ0v) is 18.0. The molecule has 0 bridgehead atoms. The molecule has 4 heterocycles. The first kappa shape index (κ1) is 20.7. The maximum absolute atomic E-state index is 12.4. The molecule has 0 radical (unpaired) electrons. The highest BCUT2D eigenvalue weighted by Gasteiger charge is 2.50. The van der Waals surface area contributed by atoms with E-state index in [9.17, 15) is 4.79 Å². The molecule has 2 N–H and O–H groups in total. The van der Waals surface area contributed by atoms with Crippen LogP contribution in [-0.4, -0.2) is 64.5 Å². The number of nitrogens with zero attached hydrogens (tertiary/aromatic N) is 4. The van der Waals surface area contributed by atoms with Gasteiger partial charge in [-0.1, -0.05) is 35.4 Å². The highest BCUT2D eigenvalue weighted by Crippen LogP contribution is 2.38. The minimum atomic E-state index is -0.331. The first-order valence-corrected chi connectivity index (χ1v) is 10.9. The van der Waals surface area contributed by atoms with E-state index >= 15 is 0 Å². The van der Waals surface area contributed by atoms with Crippen LogP contribution >= 0.6 is 0 Å². The van der Waals surface area contributed by atoms with Crippen LogP contribution in [0.1, 0.15) is 11.6 Å².